The molecule has 26 heavy (non-hydrogen) atoms. The maximum Gasteiger partial charge on any atom is 0.251 e. The number of nitrogens with one attached hydrogen (secondary N) is 1. The van der Waals surface area contributed by atoms with E-state index in [9.17, 15) is 4.79 Å². The number of rotatable bonds is 3. The van der Waals surface area contributed by atoms with Gasteiger partial charge in [-0.05, 0) is 57.5 Å². The molecule has 2 aromatic heterocycles. The summed E-state index contributed by atoms with van der Waals surface area (Å²) in [7, 11) is 0. The van der Waals surface area contributed by atoms with Crippen LogP contribution in [0, 0.1) is 20.8 Å². The molecule has 3 heterocycles. The molecule has 1 amide bonds. The van der Waals surface area contributed by atoms with Crippen molar-refractivity contribution in [2.75, 3.05) is 0 Å². The summed E-state index contributed by atoms with van der Waals surface area (Å²) in [5.74, 6) is 1.08. The summed E-state index contributed by atoms with van der Waals surface area (Å²) in [6, 6.07) is 9.77. The number of fused-ring (bicyclic) bond motifs is 1. The third-order valence-electron chi connectivity index (χ3n) is 4.83. The minimum Gasteiger partial charge on any atom is -0.347 e. The molecule has 6 nitrogen and oxygen atoms in total. The first-order valence-corrected chi connectivity index (χ1v) is 8.97. The molecule has 0 saturated carbocycles. The van der Waals surface area contributed by atoms with Gasteiger partial charge in [-0.2, -0.15) is 5.10 Å². The van der Waals surface area contributed by atoms with Gasteiger partial charge in [0.1, 0.15) is 5.82 Å². The van der Waals surface area contributed by atoms with Crippen molar-refractivity contribution in [3.8, 4) is 5.69 Å². The topological polar surface area (TPSA) is 64.7 Å². The highest BCUT2D eigenvalue weighted by molar-refractivity contribution is 5.94. The number of aromatic nitrogens is 4. The van der Waals surface area contributed by atoms with Crippen LogP contribution in [-0.4, -0.2) is 31.3 Å². The lowest BCUT2D eigenvalue weighted by atomic mass is 10.1. The first-order valence-electron chi connectivity index (χ1n) is 8.97. The van der Waals surface area contributed by atoms with E-state index in [0.29, 0.717) is 5.56 Å². The Morgan fingerprint density at radius 1 is 1.15 bits per heavy atom. The Bertz CT molecular complexity index is 951. The zero-order valence-corrected chi connectivity index (χ0v) is 15.4. The van der Waals surface area contributed by atoms with Crippen molar-refractivity contribution < 1.29 is 4.79 Å². The number of hydrogen-bond acceptors (Lipinski definition) is 3. The number of nitrogens with zero attached hydrogens (tertiary/aromatic N) is 4. The number of carbonyl (C=O) groups excluding carboxylic acids is 1. The standard InChI is InChI=1S/C20H23N5O/c1-13-10-15(3)25(23-13)18-7-4-16(5-8-18)20(26)22-17-6-9-19-21-14(2)11-24(19)12-17/h4-5,7-8,10-11,17H,6,9,12H2,1-3H3,(H,22,26)/t17-/m1/s1. The zero-order valence-electron chi connectivity index (χ0n) is 15.4. The van der Waals surface area contributed by atoms with Crippen LogP contribution in [0.4, 0.5) is 0 Å². The number of hydrogen-bond donors (Lipinski definition) is 1. The molecule has 6 heteroatoms. The lowest BCUT2D eigenvalue weighted by Gasteiger charge is -2.24. The van der Waals surface area contributed by atoms with Gasteiger partial charge >= 0.3 is 0 Å². The molecule has 1 aliphatic rings. The van der Waals surface area contributed by atoms with Gasteiger partial charge in [0.05, 0.1) is 17.1 Å². The van der Waals surface area contributed by atoms with Crippen LogP contribution in [-0.2, 0) is 13.0 Å². The van der Waals surface area contributed by atoms with Crippen LogP contribution < -0.4 is 5.32 Å². The van der Waals surface area contributed by atoms with E-state index in [2.05, 4.69) is 26.2 Å². The molecule has 0 saturated heterocycles. The molecule has 1 aromatic carbocycles. The molecule has 0 spiro atoms. The van der Waals surface area contributed by atoms with Crippen molar-refractivity contribution in [2.45, 2.75) is 46.2 Å². The van der Waals surface area contributed by atoms with Crippen LogP contribution in [0.25, 0.3) is 5.69 Å². The van der Waals surface area contributed by atoms with Gasteiger partial charge in [-0.3, -0.25) is 4.79 Å². The van der Waals surface area contributed by atoms with E-state index in [1.807, 2.05) is 55.8 Å². The van der Waals surface area contributed by atoms with Crippen LogP contribution in [0.3, 0.4) is 0 Å². The van der Waals surface area contributed by atoms with Gasteiger partial charge in [-0.25, -0.2) is 9.67 Å². The summed E-state index contributed by atoms with van der Waals surface area (Å²) in [5.41, 5.74) is 4.72. The van der Waals surface area contributed by atoms with Crippen LogP contribution in [0.1, 0.15) is 39.7 Å². The Balaban J connectivity index is 1.45. The largest absolute Gasteiger partial charge is 0.347 e. The maximum absolute atomic E-state index is 12.6. The van der Waals surface area contributed by atoms with E-state index >= 15 is 0 Å². The zero-order chi connectivity index (χ0) is 18.3. The smallest absolute Gasteiger partial charge is 0.251 e. The van der Waals surface area contributed by atoms with Gasteiger partial charge in [0.25, 0.3) is 5.91 Å². The number of carbonyl (C=O) groups is 1. The molecule has 134 valence electrons. The predicted molar refractivity (Wildman–Crippen MR) is 99.6 cm³/mol. The van der Waals surface area contributed by atoms with Gasteiger partial charge in [0, 0.05) is 36.5 Å². The Morgan fingerprint density at radius 2 is 1.92 bits per heavy atom. The molecular weight excluding hydrogens is 326 g/mol. The Hall–Kier alpha value is -2.89. The number of amides is 1. The van der Waals surface area contributed by atoms with Crippen LogP contribution >= 0.6 is 0 Å². The van der Waals surface area contributed by atoms with Gasteiger partial charge in [-0.1, -0.05) is 0 Å². The molecule has 1 aliphatic heterocycles. The van der Waals surface area contributed by atoms with Gasteiger partial charge in [-0.15, -0.1) is 0 Å². The second-order valence-corrected chi connectivity index (χ2v) is 7.05. The minimum absolute atomic E-state index is 0.0322. The summed E-state index contributed by atoms with van der Waals surface area (Å²) in [6.07, 6.45) is 3.87. The van der Waals surface area contributed by atoms with Gasteiger partial charge in [0.15, 0.2) is 0 Å². The van der Waals surface area contributed by atoms with Crippen LogP contribution in [0.15, 0.2) is 36.5 Å². The normalized spacial score (nSPS) is 16.3. The lowest BCUT2D eigenvalue weighted by molar-refractivity contribution is 0.0927. The maximum atomic E-state index is 12.6. The Kier molecular flexibility index (Phi) is 4.11. The van der Waals surface area contributed by atoms with E-state index in [1.54, 1.807) is 0 Å². The highest BCUT2D eigenvalue weighted by Gasteiger charge is 2.21. The molecule has 1 N–H and O–H groups in total. The van der Waals surface area contributed by atoms with Crippen molar-refractivity contribution in [3.63, 3.8) is 0 Å². The molecule has 0 aliphatic carbocycles. The second-order valence-electron chi connectivity index (χ2n) is 7.05. The number of benzene rings is 1. The fourth-order valence-electron chi connectivity index (χ4n) is 3.62. The average molecular weight is 349 g/mol. The molecule has 0 bridgehead atoms. The Labute approximate surface area is 152 Å². The highest BCUT2D eigenvalue weighted by Crippen LogP contribution is 2.17. The van der Waals surface area contributed by atoms with Crippen molar-refractivity contribution in [1.82, 2.24) is 24.6 Å². The van der Waals surface area contributed by atoms with Crippen molar-refractivity contribution >= 4 is 5.91 Å². The lowest BCUT2D eigenvalue weighted by Crippen LogP contribution is -2.40. The van der Waals surface area contributed by atoms with E-state index in [4.69, 9.17) is 0 Å². The molecule has 1 atom stereocenters. The first kappa shape index (κ1) is 16.6. The van der Waals surface area contributed by atoms with E-state index in [0.717, 1.165) is 48.0 Å². The predicted octanol–water partition coefficient (Wildman–Crippen LogP) is 2.74. The number of imidazole rings is 1. The molecule has 4 rings (SSSR count). The quantitative estimate of drug-likeness (QED) is 0.791. The van der Waals surface area contributed by atoms with Gasteiger partial charge in [0.2, 0.25) is 0 Å². The third-order valence-corrected chi connectivity index (χ3v) is 4.83. The SMILES string of the molecule is Cc1cn2c(n1)CC[C@@H](NC(=O)c1ccc(-n3nc(C)cc3C)cc1)C2. The highest BCUT2D eigenvalue weighted by atomic mass is 16.1. The average Bonchev–Trinajstić information content (AvgIpc) is 3.15. The molecular formula is C20H23N5O. The van der Waals surface area contributed by atoms with E-state index < -0.39 is 0 Å². The summed E-state index contributed by atoms with van der Waals surface area (Å²) in [5, 5.41) is 7.63. The van der Waals surface area contributed by atoms with Crippen molar-refractivity contribution in [2.24, 2.45) is 0 Å². The monoisotopic (exact) mass is 349 g/mol. The second kappa shape index (κ2) is 6.44. The fourth-order valence-corrected chi connectivity index (χ4v) is 3.62. The first-order chi connectivity index (χ1) is 12.5. The van der Waals surface area contributed by atoms with Crippen LogP contribution in [0.5, 0.6) is 0 Å². The van der Waals surface area contributed by atoms with Gasteiger partial charge < -0.3 is 9.88 Å². The Morgan fingerprint density at radius 3 is 2.62 bits per heavy atom. The summed E-state index contributed by atoms with van der Waals surface area (Å²) < 4.78 is 4.04. The molecule has 3 aromatic rings. The van der Waals surface area contributed by atoms with E-state index in [1.165, 1.54) is 0 Å². The number of aryl methyl sites for hydroxylation is 4. The van der Waals surface area contributed by atoms with Crippen molar-refractivity contribution in [1.29, 1.82) is 0 Å². The van der Waals surface area contributed by atoms with Crippen molar-refractivity contribution in [3.05, 3.63) is 65.0 Å². The molecule has 0 fully saturated rings. The fraction of sp³-hybridized carbons (Fsp3) is 0.350. The third kappa shape index (κ3) is 3.14. The molecule has 0 radical (unpaired) electrons. The molecule has 0 unspecified atom stereocenters. The summed E-state index contributed by atoms with van der Waals surface area (Å²) >= 11 is 0. The minimum atomic E-state index is -0.0322. The van der Waals surface area contributed by atoms with Crippen LogP contribution in [0.2, 0.25) is 0 Å². The van der Waals surface area contributed by atoms with E-state index in [-0.39, 0.29) is 11.9 Å². The summed E-state index contributed by atoms with van der Waals surface area (Å²) in [4.78, 5) is 17.1. The summed E-state index contributed by atoms with van der Waals surface area (Å²) in [6.45, 7) is 6.79.